The van der Waals surface area contributed by atoms with E-state index >= 15 is 0 Å². The number of nitrogens with zero attached hydrogens (tertiary/aromatic N) is 1. The maximum atomic E-state index is 11.2. The van der Waals surface area contributed by atoms with Crippen molar-refractivity contribution in [2.75, 3.05) is 6.61 Å². The number of aromatic nitrogens is 1. The third-order valence-electron chi connectivity index (χ3n) is 4.00. The topological polar surface area (TPSA) is 73.3 Å². The maximum absolute atomic E-state index is 11.2. The van der Waals surface area contributed by atoms with E-state index in [-0.39, 0.29) is 28.9 Å². The van der Waals surface area contributed by atoms with Crippen LogP contribution in [0, 0.1) is 0 Å². The molecule has 142 valence electrons. The molecule has 0 spiro atoms. The first-order chi connectivity index (χ1) is 11.6. The van der Waals surface area contributed by atoms with E-state index in [1.165, 1.54) is 32.1 Å². The predicted molar refractivity (Wildman–Crippen MR) is 93.3 cm³/mol. The lowest BCUT2D eigenvalue weighted by atomic mass is 10.1. The molecule has 0 unspecified atom stereocenters. The number of amides is 1. The first-order valence-corrected chi connectivity index (χ1v) is 9.08. The maximum Gasteiger partial charge on any atom is 0.305 e. The molecule has 1 aromatic rings. The second-order valence-electron chi connectivity index (χ2n) is 6.08. The Labute approximate surface area is 161 Å². The molecule has 0 saturated carbocycles. The van der Waals surface area contributed by atoms with Crippen LogP contribution in [0.5, 0.6) is 0 Å². The molecule has 0 aliphatic carbocycles. The van der Waals surface area contributed by atoms with Crippen molar-refractivity contribution in [3.8, 4) is 0 Å². The SMILES string of the molecule is CCOC(=O)CCCCCCCCCC[n+]1cccc(C(N)=O)c1.[Br-]. The van der Waals surface area contributed by atoms with Crippen molar-refractivity contribution in [1.82, 2.24) is 0 Å². The zero-order valence-corrected chi connectivity index (χ0v) is 16.8. The second-order valence-corrected chi connectivity index (χ2v) is 6.08. The highest BCUT2D eigenvalue weighted by molar-refractivity contribution is 5.92. The first kappa shape index (κ1) is 23.6. The Kier molecular flexibility index (Phi) is 14.0. The number of hydrogen-bond acceptors (Lipinski definition) is 3. The summed E-state index contributed by atoms with van der Waals surface area (Å²) in [5.41, 5.74) is 5.84. The monoisotopic (exact) mass is 414 g/mol. The Balaban J connectivity index is 0.00000576. The van der Waals surface area contributed by atoms with E-state index in [4.69, 9.17) is 10.5 Å². The summed E-state index contributed by atoms with van der Waals surface area (Å²) in [5.74, 6) is -0.456. The molecular formula is C19H31BrN2O3. The van der Waals surface area contributed by atoms with Crippen LogP contribution in [0.25, 0.3) is 0 Å². The summed E-state index contributed by atoms with van der Waals surface area (Å²) in [5, 5.41) is 0. The number of unbranched alkanes of at least 4 members (excludes halogenated alkanes) is 7. The van der Waals surface area contributed by atoms with Crippen molar-refractivity contribution in [2.24, 2.45) is 5.73 Å². The van der Waals surface area contributed by atoms with E-state index in [0.29, 0.717) is 18.6 Å². The van der Waals surface area contributed by atoms with Crippen molar-refractivity contribution < 1.29 is 35.9 Å². The average molecular weight is 415 g/mol. The summed E-state index contributed by atoms with van der Waals surface area (Å²) in [6, 6.07) is 3.59. The van der Waals surface area contributed by atoms with Crippen LogP contribution in [0.1, 0.15) is 75.1 Å². The van der Waals surface area contributed by atoms with Gasteiger partial charge in [-0.15, -0.1) is 0 Å². The summed E-state index contributed by atoms with van der Waals surface area (Å²) in [7, 11) is 0. The molecule has 1 rings (SSSR count). The van der Waals surface area contributed by atoms with Gasteiger partial charge < -0.3 is 27.5 Å². The van der Waals surface area contributed by atoms with E-state index in [1.807, 2.05) is 30.0 Å². The molecule has 0 aromatic carbocycles. The minimum Gasteiger partial charge on any atom is -1.00 e. The number of nitrogens with two attached hydrogens (primary N) is 1. The number of carbonyl (C=O) groups is 2. The van der Waals surface area contributed by atoms with Gasteiger partial charge in [0.2, 0.25) is 0 Å². The van der Waals surface area contributed by atoms with Crippen LogP contribution in [-0.2, 0) is 16.1 Å². The molecule has 0 atom stereocenters. The summed E-state index contributed by atoms with van der Waals surface area (Å²) < 4.78 is 6.93. The molecule has 5 nitrogen and oxygen atoms in total. The molecule has 0 fully saturated rings. The van der Waals surface area contributed by atoms with Crippen molar-refractivity contribution >= 4 is 11.9 Å². The Morgan fingerprint density at radius 1 is 1.04 bits per heavy atom. The zero-order valence-electron chi connectivity index (χ0n) is 15.2. The number of halogens is 1. The van der Waals surface area contributed by atoms with E-state index in [2.05, 4.69) is 0 Å². The first-order valence-electron chi connectivity index (χ1n) is 9.08. The third kappa shape index (κ3) is 11.7. The van der Waals surface area contributed by atoms with Crippen LogP contribution in [0.15, 0.2) is 24.5 Å². The summed E-state index contributed by atoms with van der Waals surface area (Å²) in [6.07, 6.45) is 13.6. The Morgan fingerprint density at radius 3 is 2.24 bits per heavy atom. The van der Waals surface area contributed by atoms with E-state index in [1.54, 1.807) is 6.07 Å². The van der Waals surface area contributed by atoms with Gasteiger partial charge in [0.05, 0.1) is 6.61 Å². The van der Waals surface area contributed by atoms with Gasteiger partial charge in [0, 0.05) is 18.9 Å². The number of ether oxygens (including phenoxy) is 1. The standard InChI is InChI=1S/C19H30N2O3.BrH/c1-2-24-18(22)13-9-7-5-3-4-6-8-10-14-21-15-11-12-17(16-21)19(20)23;/h11-12,15-16H,2-10,13-14H2,1H3,(H-,20,23);1H. The van der Waals surface area contributed by atoms with Crippen LogP contribution in [0.4, 0.5) is 0 Å². The number of rotatable bonds is 13. The molecule has 25 heavy (non-hydrogen) atoms. The molecule has 0 aliphatic rings. The number of hydrogen-bond donors (Lipinski definition) is 1. The molecule has 1 aromatic heterocycles. The molecule has 0 aliphatic heterocycles. The van der Waals surface area contributed by atoms with Gasteiger partial charge in [0.15, 0.2) is 12.4 Å². The number of pyridine rings is 1. The lowest BCUT2D eigenvalue weighted by Crippen LogP contribution is -3.00. The van der Waals surface area contributed by atoms with Crippen LogP contribution >= 0.6 is 0 Å². The summed E-state index contributed by atoms with van der Waals surface area (Å²) in [6.45, 7) is 3.23. The Hall–Kier alpha value is -1.43. The lowest BCUT2D eigenvalue weighted by Gasteiger charge is -2.03. The van der Waals surface area contributed by atoms with Gasteiger partial charge in [-0.3, -0.25) is 9.59 Å². The van der Waals surface area contributed by atoms with Crippen LogP contribution in [0.2, 0.25) is 0 Å². The van der Waals surface area contributed by atoms with Crippen LogP contribution < -0.4 is 27.3 Å². The lowest BCUT2D eigenvalue weighted by molar-refractivity contribution is -0.697. The highest BCUT2D eigenvalue weighted by Gasteiger charge is 2.06. The largest absolute Gasteiger partial charge is 1.00 e. The third-order valence-corrected chi connectivity index (χ3v) is 4.00. The van der Waals surface area contributed by atoms with Crippen LogP contribution in [0.3, 0.4) is 0 Å². The van der Waals surface area contributed by atoms with Gasteiger partial charge in [0.25, 0.3) is 5.91 Å². The van der Waals surface area contributed by atoms with Crippen molar-refractivity contribution in [3.05, 3.63) is 30.1 Å². The van der Waals surface area contributed by atoms with E-state index in [9.17, 15) is 9.59 Å². The molecular weight excluding hydrogens is 384 g/mol. The highest BCUT2D eigenvalue weighted by Crippen LogP contribution is 2.10. The summed E-state index contributed by atoms with van der Waals surface area (Å²) in [4.78, 5) is 22.3. The van der Waals surface area contributed by atoms with E-state index < -0.39 is 0 Å². The van der Waals surface area contributed by atoms with Crippen molar-refractivity contribution in [3.63, 3.8) is 0 Å². The normalized spacial score (nSPS) is 10.1. The molecule has 1 heterocycles. The fourth-order valence-corrected chi connectivity index (χ4v) is 2.66. The molecule has 0 bridgehead atoms. The minimum absolute atomic E-state index is 0. The number of esters is 1. The second kappa shape index (κ2) is 14.9. The Morgan fingerprint density at radius 2 is 1.64 bits per heavy atom. The van der Waals surface area contributed by atoms with Crippen LogP contribution in [-0.4, -0.2) is 18.5 Å². The van der Waals surface area contributed by atoms with Gasteiger partial charge >= 0.3 is 5.97 Å². The number of primary amides is 1. The highest BCUT2D eigenvalue weighted by atomic mass is 79.9. The van der Waals surface area contributed by atoms with Crippen molar-refractivity contribution in [1.29, 1.82) is 0 Å². The summed E-state index contributed by atoms with van der Waals surface area (Å²) >= 11 is 0. The smallest absolute Gasteiger partial charge is 0.305 e. The van der Waals surface area contributed by atoms with Gasteiger partial charge in [-0.05, 0) is 25.8 Å². The van der Waals surface area contributed by atoms with Gasteiger partial charge in [-0.2, -0.15) is 0 Å². The van der Waals surface area contributed by atoms with Crippen molar-refractivity contribution in [2.45, 2.75) is 71.3 Å². The molecule has 1 amide bonds. The van der Waals surface area contributed by atoms with Gasteiger partial charge in [0.1, 0.15) is 12.1 Å². The Bertz CT molecular complexity index is 509. The molecule has 0 saturated heterocycles. The quantitative estimate of drug-likeness (QED) is 0.283. The molecule has 6 heteroatoms. The molecule has 0 radical (unpaired) electrons. The minimum atomic E-state index is -0.382. The number of carbonyl (C=O) groups excluding carboxylic acids is 2. The van der Waals surface area contributed by atoms with E-state index in [0.717, 1.165) is 25.8 Å². The van der Waals surface area contributed by atoms with Gasteiger partial charge in [-0.25, -0.2) is 4.57 Å². The average Bonchev–Trinajstić information content (AvgIpc) is 2.57. The molecule has 2 N–H and O–H groups in total. The fourth-order valence-electron chi connectivity index (χ4n) is 2.66. The predicted octanol–water partition coefficient (Wildman–Crippen LogP) is 0.151. The van der Waals surface area contributed by atoms with Gasteiger partial charge in [-0.1, -0.05) is 32.1 Å². The fraction of sp³-hybridized carbons (Fsp3) is 0.632. The number of aryl methyl sites for hydroxylation is 1. The zero-order chi connectivity index (χ0) is 17.6.